The van der Waals surface area contributed by atoms with Gasteiger partial charge in [-0.2, -0.15) is 4.73 Å². The molecule has 0 saturated carbocycles. The molecule has 5 nitrogen and oxygen atoms in total. The highest BCUT2D eigenvalue weighted by Gasteiger charge is 2.18. The fraction of sp³-hybridized carbons (Fsp3) is 0.118. The average Bonchev–Trinajstić information content (AvgIpc) is 2.89. The van der Waals surface area contributed by atoms with Crippen molar-refractivity contribution in [3.63, 3.8) is 0 Å². The predicted octanol–water partition coefficient (Wildman–Crippen LogP) is 3.07. The molecule has 0 spiro atoms. The standard InChI is InChI=1S/C17H14FN3O2S/c1-11-15(10-12-6-2-3-7-13(12)18)24-17(19-11)20-16(22)14-8-4-5-9-21(14)23/h2-9H,10H2,1H3,(H,19,20,22). The number of nitrogens with one attached hydrogen (secondary N) is 1. The van der Waals surface area contributed by atoms with E-state index in [4.69, 9.17) is 0 Å². The molecule has 3 rings (SSSR count). The van der Waals surface area contributed by atoms with Gasteiger partial charge >= 0.3 is 5.91 Å². The Kier molecular flexibility index (Phi) is 4.52. The van der Waals surface area contributed by atoms with Crippen LogP contribution in [0.15, 0.2) is 48.7 Å². The maximum Gasteiger partial charge on any atom is 0.323 e. The van der Waals surface area contributed by atoms with Gasteiger partial charge in [-0.05, 0) is 24.6 Å². The van der Waals surface area contributed by atoms with Gasteiger partial charge in [0.05, 0.1) is 5.69 Å². The second kappa shape index (κ2) is 6.76. The van der Waals surface area contributed by atoms with E-state index in [0.717, 1.165) is 10.6 Å². The first-order valence-electron chi connectivity index (χ1n) is 7.24. The molecule has 0 atom stereocenters. The van der Waals surface area contributed by atoms with Crippen LogP contribution in [0.25, 0.3) is 0 Å². The molecule has 1 aromatic carbocycles. The first-order valence-corrected chi connectivity index (χ1v) is 8.05. The molecule has 0 radical (unpaired) electrons. The third kappa shape index (κ3) is 3.41. The normalized spacial score (nSPS) is 10.6. The number of aryl methyl sites for hydroxylation is 1. The molecular formula is C17H14FN3O2S. The summed E-state index contributed by atoms with van der Waals surface area (Å²) in [5.41, 5.74) is 1.28. The SMILES string of the molecule is Cc1nc(NC(=O)c2cccc[n+]2[O-])sc1Cc1ccccc1F. The fourth-order valence-electron chi connectivity index (χ4n) is 2.23. The molecule has 0 fully saturated rings. The first-order chi connectivity index (χ1) is 11.5. The van der Waals surface area contributed by atoms with Crippen molar-refractivity contribution in [2.45, 2.75) is 13.3 Å². The number of hydrogen-bond acceptors (Lipinski definition) is 4. The van der Waals surface area contributed by atoms with Gasteiger partial charge in [0.2, 0.25) is 0 Å². The number of carbonyl (C=O) groups is 1. The van der Waals surface area contributed by atoms with Gasteiger partial charge in [0.25, 0.3) is 5.69 Å². The predicted molar refractivity (Wildman–Crippen MR) is 89.4 cm³/mol. The molecule has 2 aromatic heterocycles. The number of benzene rings is 1. The number of nitrogens with zero attached hydrogens (tertiary/aromatic N) is 2. The molecule has 7 heteroatoms. The lowest BCUT2D eigenvalue weighted by Crippen LogP contribution is -2.36. The van der Waals surface area contributed by atoms with Crippen LogP contribution in [0.5, 0.6) is 0 Å². The molecule has 0 aliphatic carbocycles. The van der Waals surface area contributed by atoms with E-state index in [1.54, 1.807) is 37.3 Å². The number of halogens is 1. The lowest BCUT2D eigenvalue weighted by Gasteiger charge is -2.02. The third-order valence-corrected chi connectivity index (χ3v) is 4.55. The number of amides is 1. The van der Waals surface area contributed by atoms with E-state index >= 15 is 0 Å². The van der Waals surface area contributed by atoms with Crippen molar-refractivity contribution in [1.29, 1.82) is 0 Å². The number of pyridine rings is 1. The Morgan fingerprint density at radius 1 is 1.29 bits per heavy atom. The maximum atomic E-state index is 13.8. The van der Waals surface area contributed by atoms with Gasteiger partial charge in [0.15, 0.2) is 11.3 Å². The van der Waals surface area contributed by atoms with E-state index in [-0.39, 0.29) is 11.5 Å². The fourth-order valence-corrected chi connectivity index (χ4v) is 3.21. The Balaban J connectivity index is 1.78. The van der Waals surface area contributed by atoms with Gasteiger partial charge in [-0.3, -0.25) is 10.1 Å². The van der Waals surface area contributed by atoms with Gasteiger partial charge in [-0.15, -0.1) is 11.3 Å². The highest BCUT2D eigenvalue weighted by atomic mass is 32.1. The molecule has 24 heavy (non-hydrogen) atoms. The molecule has 2 heterocycles. The van der Waals surface area contributed by atoms with E-state index in [1.807, 2.05) is 0 Å². The quantitative estimate of drug-likeness (QED) is 0.585. The summed E-state index contributed by atoms with van der Waals surface area (Å²) in [4.78, 5) is 17.3. The number of aromatic nitrogens is 2. The largest absolute Gasteiger partial charge is 0.618 e. The average molecular weight is 343 g/mol. The summed E-state index contributed by atoms with van der Waals surface area (Å²) in [6.45, 7) is 1.80. The molecule has 1 N–H and O–H groups in total. The van der Waals surface area contributed by atoms with E-state index < -0.39 is 5.91 Å². The zero-order chi connectivity index (χ0) is 17.1. The summed E-state index contributed by atoms with van der Waals surface area (Å²) in [5, 5.41) is 14.6. The highest BCUT2D eigenvalue weighted by molar-refractivity contribution is 7.15. The second-order valence-electron chi connectivity index (χ2n) is 5.16. The Labute approximate surface area is 142 Å². The monoisotopic (exact) mass is 343 g/mol. The molecule has 0 aliphatic rings. The molecule has 0 unspecified atom stereocenters. The van der Waals surface area contributed by atoms with Crippen LogP contribution in [-0.4, -0.2) is 10.9 Å². The van der Waals surface area contributed by atoms with Crippen molar-refractivity contribution in [3.8, 4) is 0 Å². The van der Waals surface area contributed by atoms with Crippen molar-refractivity contribution in [3.05, 3.63) is 81.5 Å². The molecular weight excluding hydrogens is 329 g/mol. The van der Waals surface area contributed by atoms with Crippen LogP contribution in [0, 0.1) is 17.9 Å². The summed E-state index contributed by atoms with van der Waals surface area (Å²) in [5.74, 6) is -0.802. The molecule has 3 aromatic rings. The van der Waals surface area contributed by atoms with Crippen LogP contribution in [0.4, 0.5) is 9.52 Å². The zero-order valence-corrected chi connectivity index (χ0v) is 13.6. The van der Waals surface area contributed by atoms with Gasteiger partial charge < -0.3 is 5.21 Å². The molecule has 122 valence electrons. The summed E-state index contributed by atoms with van der Waals surface area (Å²) >= 11 is 1.27. The van der Waals surface area contributed by atoms with Gasteiger partial charge in [-0.25, -0.2) is 9.37 Å². The summed E-state index contributed by atoms with van der Waals surface area (Å²) in [7, 11) is 0. The number of hydrogen-bond donors (Lipinski definition) is 1. The van der Waals surface area contributed by atoms with Crippen molar-refractivity contribution in [1.82, 2.24) is 4.98 Å². The van der Waals surface area contributed by atoms with Gasteiger partial charge in [0, 0.05) is 23.4 Å². The highest BCUT2D eigenvalue weighted by Crippen LogP contribution is 2.26. The van der Waals surface area contributed by atoms with Crippen molar-refractivity contribution < 1.29 is 13.9 Å². The van der Waals surface area contributed by atoms with Crippen molar-refractivity contribution in [2.75, 3.05) is 5.32 Å². The lowest BCUT2D eigenvalue weighted by molar-refractivity contribution is -0.607. The van der Waals surface area contributed by atoms with Crippen LogP contribution in [0.2, 0.25) is 0 Å². The number of thiazole rings is 1. The Morgan fingerprint density at radius 2 is 2.04 bits per heavy atom. The van der Waals surface area contributed by atoms with Crippen LogP contribution < -0.4 is 10.0 Å². The minimum atomic E-state index is -0.531. The van der Waals surface area contributed by atoms with Crippen LogP contribution in [0.3, 0.4) is 0 Å². The lowest BCUT2D eigenvalue weighted by atomic mass is 10.1. The Hall–Kier alpha value is -2.80. The smallest absolute Gasteiger partial charge is 0.323 e. The number of anilines is 1. The maximum absolute atomic E-state index is 13.8. The Morgan fingerprint density at radius 3 is 2.79 bits per heavy atom. The third-order valence-electron chi connectivity index (χ3n) is 3.48. The van der Waals surface area contributed by atoms with Crippen molar-refractivity contribution in [2.24, 2.45) is 0 Å². The molecule has 0 aliphatic heterocycles. The van der Waals surface area contributed by atoms with Crippen LogP contribution in [0.1, 0.15) is 26.6 Å². The van der Waals surface area contributed by atoms with Crippen molar-refractivity contribution >= 4 is 22.4 Å². The second-order valence-corrected chi connectivity index (χ2v) is 6.25. The molecule has 0 saturated heterocycles. The minimum Gasteiger partial charge on any atom is -0.618 e. The van der Waals surface area contributed by atoms with Crippen LogP contribution >= 0.6 is 11.3 Å². The van der Waals surface area contributed by atoms with E-state index in [9.17, 15) is 14.4 Å². The minimum absolute atomic E-state index is 0.0130. The number of rotatable bonds is 4. The van der Waals surface area contributed by atoms with E-state index in [2.05, 4.69) is 10.3 Å². The molecule has 1 amide bonds. The van der Waals surface area contributed by atoms with E-state index in [0.29, 0.717) is 21.8 Å². The summed E-state index contributed by atoms with van der Waals surface area (Å²) in [6.07, 6.45) is 1.66. The van der Waals surface area contributed by atoms with Gasteiger partial charge in [0.1, 0.15) is 5.82 Å². The topological polar surface area (TPSA) is 68.9 Å². The van der Waals surface area contributed by atoms with E-state index in [1.165, 1.54) is 29.7 Å². The van der Waals surface area contributed by atoms with Crippen LogP contribution in [-0.2, 0) is 6.42 Å². The zero-order valence-electron chi connectivity index (χ0n) is 12.8. The molecule has 0 bridgehead atoms. The number of carbonyl (C=O) groups excluding carboxylic acids is 1. The summed E-state index contributed by atoms with van der Waals surface area (Å²) < 4.78 is 14.3. The van der Waals surface area contributed by atoms with Gasteiger partial charge in [-0.1, -0.05) is 18.2 Å². The first kappa shape index (κ1) is 16.1. The Bertz CT molecular complexity index is 895. The summed E-state index contributed by atoms with van der Waals surface area (Å²) in [6, 6.07) is 11.1.